The minimum Gasteiger partial charge on any atom is -0.491 e. The molecule has 0 aliphatic rings. The first-order valence-electron chi connectivity index (χ1n) is 5.30. The Morgan fingerprint density at radius 1 is 1.38 bits per heavy atom. The summed E-state index contributed by atoms with van der Waals surface area (Å²) in [7, 11) is 0. The Labute approximate surface area is 95.9 Å². The van der Waals surface area contributed by atoms with Gasteiger partial charge in [-0.1, -0.05) is 0 Å². The molecular formula is C12H18N2O2. The number of nitrogens with two attached hydrogens (primary N) is 1. The summed E-state index contributed by atoms with van der Waals surface area (Å²) < 4.78 is 10.7. The van der Waals surface area contributed by atoms with Gasteiger partial charge in [0.2, 0.25) is 0 Å². The molecule has 0 unspecified atom stereocenters. The molecule has 4 nitrogen and oxygen atoms in total. The van der Waals surface area contributed by atoms with Gasteiger partial charge in [-0.15, -0.1) is 0 Å². The molecule has 0 aromatic heterocycles. The Balaban J connectivity index is 2.57. The summed E-state index contributed by atoms with van der Waals surface area (Å²) in [6.07, 6.45) is 0. The maximum atomic E-state index is 7.31. The van der Waals surface area contributed by atoms with Crippen LogP contribution in [0.2, 0.25) is 0 Å². The molecule has 0 saturated carbocycles. The van der Waals surface area contributed by atoms with E-state index < -0.39 is 0 Å². The molecule has 16 heavy (non-hydrogen) atoms. The van der Waals surface area contributed by atoms with E-state index >= 15 is 0 Å². The Bertz CT molecular complexity index is 364. The summed E-state index contributed by atoms with van der Waals surface area (Å²) in [6, 6.07) is 5.46. The minimum atomic E-state index is 0.0731. The minimum absolute atomic E-state index is 0.0731. The molecule has 0 aliphatic carbocycles. The van der Waals surface area contributed by atoms with Gasteiger partial charge in [-0.25, -0.2) is 0 Å². The molecule has 0 heterocycles. The molecular weight excluding hydrogens is 204 g/mol. The summed E-state index contributed by atoms with van der Waals surface area (Å²) in [5.41, 5.74) is 7.09. The monoisotopic (exact) mass is 222 g/mol. The standard InChI is InChI=1S/C12H18N2O2/c1-3-15-6-7-16-11-5-4-10(12(13)14)8-9(11)2/h4-5,8H,3,6-7H2,1-2H3,(H3,13,14). The average molecular weight is 222 g/mol. The van der Waals surface area contributed by atoms with E-state index in [-0.39, 0.29) is 5.84 Å². The van der Waals surface area contributed by atoms with Crippen LogP contribution in [-0.4, -0.2) is 25.7 Å². The number of hydrogen-bond donors (Lipinski definition) is 2. The van der Waals surface area contributed by atoms with Crippen molar-refractivity contribution in [1.29, 1.82) is 5.41 Å². The summed E-state index contributed by atoms with van der Waals surface area (Å²) in [5.74, 6) is 0.883. The number of nitrogen functional groups attached to an aromatic ring is 1. The molecule has 1 rings (SSSR count). The Morgan fingerprint density at radius 2 is 2.12 bits per heavy atom. The van der Waals surface area contributed by atoms with E-state index in [2.05, 4.69) is 0 Å². The third kappa shape index (κ3) is 3.55. The number of amidine groups is 1. The first-order valence-corrected chi connectivity index (χ1v) is 5.30. The fourth-order valence-electron chi connectivity index (χ4n) is 1.33. The largest absolute Gasteiger partial charge is 0.491 e. The van der Waals surface area contributed by atoms with Crippen molar-refractivity contribution in [3.63, 3.8) is 0 Å². The van der Waals surface area contributed by atoms with Gasteiger partial charge in [-0.3, -0.25) is 5.41 Å². The van der Waals surface area contributed by atoms with Crippen molar-refractivity contribution in [2.24, 2.45) is 5.73 Å². The van der Waals surface area contributed by atoms with Crippen molar-refractivity contribution in [3.05, 3.63) is 29.3 Å². The SMILES string of the molecule is CCOCCOc1ccc(C(=N)N)cc1C. The Morgan fingerprint density at radius 3 is 2.69 bits per heavy atom. The Kier molecular flexibility index (Phi) is 4.79. The van der Waals surface area contributed by atoms with Crippen LogP contribution in [0.1, 0.15) is 18.1 Å². The van der Waals surface area contributed by atoms with E-state index in [0.717, 1.165) is 16.9 Å². The fourth-order valence-corrected chi connectivity index (χ4v) is 1.33. The van der Waals surface area contributed by atoms with Crippen LogP contribution in [0.15, 0.2) is 18.2 Å². The first kappa shape index (κ1) is 12.5. The van der Waals surface area contributed by atoms with Crippen molar-refractivity contribution in [2.45, 2.75) is 13.8 Å². The zero-order valence-electron chi connectivity index (χ0n) is 9.75. The van der Waals surface area contributed by atoms with E-state index in [1.54, 1.807) is 6.07 Å². The zero-order chi connectivity index (χ0) is 12.0. The lowest BCUT2D eigenvalue weighted by Gasteiger charge is -2.10. The van der Waals surface area contributed by atoms with Gasteiger partial charge < -0.3 is 15.2 Å². The molecule has 0 spiro atoms. The van der Waals surface area contributed by atoms with Crippen LogP contribution in [0.25, 0.3) is 0 Å². The number of nitrogens with one attached hydrogen (secondary N) is 1. The van der Waals surface area contributed by atoms with Gasteiger partial charge >= 0.3 is 0 Å². The highest BCUT2D eigenvalue weighted by Crippen LogP contribution is 2.18. The molecule has 0 fully saturated rings. The van der Waals surface area contributed by atoms with Crippen LogP contribution in [-0.2, 0) is 4.74 Å². The van der Waals surface area contributed by atoms with Crippen molar-refractivity contribution in [3.8, 4) is 5.75 Å². The summed E-state index contributed by atoms with van der Waals surface area (Å²) in [6.45, 7) is 5.71. The number of hydrogen-bond acceptors (Lipinski definition) is 3. The fraction of sp³-hybridized carbons (Fsp3) is 0.417. The zero-order valence-corrected chi connectivity index (χ0v) is 9.75. The molecule has 0 atom stereocenters. The van der Waals surface area contributed by atoms with E-state index in [0.29, 0.717) is 19.8 Å². The number of aryl methyl sites for hydroxylation is 1. The van der Waals surface area contributed by atoms with E-state index in [4.69, 9.17) is 20.6 Å². The molecule has 0 radical (unpaired) electrons. The topological polar surface area (TPSA) is 68.3 Å². The van der Waals surface area contributed by atoms with Crippen molar-refractivity contribution in [2.75, 3.05) is 19.8 Å². The molecule has 3 N–H and O–H groups in total. The van der Waals surface area contributed by atoms with Gasteiger partial charge in [0.15, 0.2) is 0 Å². The van der Waals surface area contributed by atoms with Crippen LogP contribution in [0.5, 0.6) is 5.75 Å². The molecule has 0 aliphatic heterocycles. The van der Waals surface area contributed by atoms with Gasteiger partial charge in [0.05, 0.1) is 6.61 Å². The van der Waals surface area contributed by atoms with Crippen molar-refractivity contribution in [1.82, 2.24) is 0 Å². The first-order chi connectivity index (χ1) is 7.65. The maximum absolute atomic E-state index is 7.31. The third-order valence-electron chi connectivity index (χ3n) is 2.18. The predicted molar refractivity (Wildman–Crippen MR) is 64.2 cm³/mol. The van der Waals surface area contributed by atoms with Crippen molar-refractivity contribution >= 4 is 5.84 Å². The predicted octanol–water partition coefficient (Wildman–Crippen LogP) is 1.69. The Hall–Kier alpha value is -1.55. The van der Waals surface area contributed by atoms with E-state index in [9.17, 15) is 0 Å². The number of ether oxygens (including phenoxy) is 2. The highest BCUT2D eigenvalue weighted by Gasteiger charge is 2.02. The van der Waals surface area contributed by atoms with Crippen LogP contribution < -0.4 is 10.5 Å². The smallest absolute Gasteiger partial charge is 0.122 e. The van der Waals surface area contributed by atoms with Gasteiger partial charge in [0, 0.05) is 12.2 Å². The summed E-state index contributed by atoms with van der Waals surface area (Å²) in [4.78, 5) is 0. The van der Waals surface area contributed by atoms with Crippen LogP contribution >= 0.6 is 0 Å². The summed E-state index contributed by atoms with van der Waals surface area (Å²) in [5, 5.41) is 7.31. The van der Waals surface area contributed by atoms with E-state index in [1.807, 2.05) is 26.0 Å². The lowest BCUT2D eigenvalue weighted by molar-refractivity contribution is 0.110. The second-order valence-corrected chi connectivity index (χ2v) is 3.44. The molecule has 1 aromatic carbocycles. The molecule has 0 bridgehead atoms. The molecule has 4 heteroatoms. The van der Waals surface area contributed by atoms with Gasteiger partial charge in [-0.05, 0) is 37.6 Å². The molecule has 1 aromatic rings. The maximum Gasteiger partial charge on any atom is 0.122 e. The number of rotatable bonds is 6. The molecule has 0 saturated heterocycles. The van der Waals surface area contributed by atoms with Gasteiger partial charge in [0.1, 0.15) is 18.2 Å². The van der Waals surface area contributed by atoms with Gasteiger partial charge in [0.25, 0.3) is 0 Å². The second kappa shape index (κ2) is 6.12. The second-order valence-electron chi connectivity index (χ2n) is 3.44. The van der Waals surface area contributed by atoms with Crippen molar-refractivity contribution < 1.29 is 9.47 Å². The van der Waals surface area contributed by atoms with Crippen LogP contribution in [0.3, 0.4) is 0 Å². The lowest BCUT2D eigenvalue weighted by Crippen LogP contribution is -2.12. The molecule has 0 amide bonds. The van der Waals surface area contributed by atoms with Gasteiger partial charge in [-0.2, -0.15) is 0 Å². The molecule has 88 valence electrons. The summed E-state index contributed by atoms with van der Waals surface area (Å²) >= 11 is 0. The average Bonchev–Trinajstić information content (AvgIpc) is 2.26. The number of benzene rings is 1. The van der Waals surface area contributed by atoms with E-state index in [1.165, 1.54) is 0 Å². The van der Waals surface area contributed by atoms with Crippen LogP contribution in [0, 0.1) is 12.3 Å². The normalized spacial score (nSPS) is 10.1. The quantitative estimate of drug-likeness (QED) is 0.437. The van der Waals surface area contributed by atoms with Crippen LogP contribution in [0.4, 0.5) is 0 Å². The third-order valence-corrected chi connectivity index (χ3v) is 2.18. The lowest BCUT2D eigenvalue weighted by atomic mass is 10.1. The highest BCUT2D eigenvalue weighted by molar-refractivity contribution is 5.95. The highest BCUT2D eigenvalue weighted by atomic mass is 16.5.